The van der Waals surface area contributed by atoms with Crippen LogP contribution in [-0.2, 0) is 0 Å². The molecule has 0 spiro atoms. The van der Waals surface area contributed by atoms with E-state index in [2.05, 4.69) is 24.4 Å². The third-order valence-electron chi connectivity index (χ3n) is 3.27. The van der Waals surface area contributed by atoms with E-state index in [0.29, 0.717) is 11.3 Å². The largest absolute Gasteiger partial charge is 0.307 e. The van der Waals surface area contributed by atoms with Crippen LogP contribution in [0, 0.1) is 0 Å². The number of benzene rings is 1. The second-order valence-electron chi connectivity index (χ2n) is 4.82. The van der Waals surface area contributed by atoms with Crippen molar-refractivity contribution in [3.05, 3.63) is 28.8 Å². The van der Waals surface area contributed by atoms with Crippen LogP contribution in [0.15, 0.2) is 23.1 Å². The molecule has 2 atom stereocenters. The summed E-state index contributed by atoms with van der Waals surface area (Å²) in [4.78, 5) is 1.29. The molecule has 2 aliphatic rings. The summed E-state index contributed by atoms with van der Waals surface area (Å²) in [5.74, 6) is 0. The fourth-order valence-electron chi connectivity index (χ4n) is 2.32. The maximum absolute atomic E-state index is 6.28. The SMILES string of the molecule is CC1CC(NC2CC2)c2cccc(Cl)c2S1. The van der Waals surface area contributed by atoms with Crippen molar-refractivity contribution in [2.45, 2.75) is 48.4 Å². The van der Waals surface area contributed by atoms with Gasteiger partial charge in [0.05, 0.1) is 5.02 Å². The van der Waals surface area contributed by atoms with Crippen LogP contribution < -0.4 is 5.32 Å². The Hall–Kier alpha value is -0.180. The lowest BCUT2D eigenvalue weighted by molar-refractivity contribution is 0.483. The minimum absolute atomic E-state index is 0.512. The van der Waals surface area contributed by atoms with E-state index in [1.54, 1.807) is 0 Å². The summed E-state index contributed by atoms with van der Waals surface area (Å²) >= 11 is 8.19. The maximum atomic E-state index is 6.28. The van der Waals surface area contributed by atoms with Crippen LogP contribution in [-0.4, -0.2) is 11.3 Å². The number of fused-ring (bicyclic) bond motifs is 1. The Morgan fingerprint density at radius 1 is 1.38 bits per heavy atom. The van der Waals surface area contributed by atoms with Crippen molar-refractivity contribution in [3.63, 3.8) is 0 Å². The average Bonchev–Trinajstić information content (AvgIpc) is 3.03. The fraction of sp³-hybridized carbons (Fsp3) is 0.538. The monoisotopic (exact) mass is 253 g/mol. The van der Waals surface area contributed by atoms with Gasteiger partial charge in [-0.05, 0) is 30.9 Å². The van der Waals surface area contributed by atoms with Crippen LogP contribution in [0.2, 0.25) is 5.02 Å². The van der Waals surface area contributed by atoms with E-state index in [0.717, 1.165) is 11.1 Å². The molecule has 1 N–H and O–H groups in total. The summed E-state index contributed by atoms with van der Waals surface area (Å²) in [5, 5.41) is 5.30. The van der Waals surface area contributed by atoms with Crippen LogP contribution >= 0.6 is 23.4 Å². The minimum atomic E-state index is 0.512. The van der Waals surface area contributed by atoms with Gasteiger partial charge in [0, 0.05) is 22.2 Å². The summed E-state index contributed by atoms with van der Waals surface area (Å²) in [5.41, 5.74) is 1.41. The zero-order valence-electron chi connectivity index (χ0n) is 9.37. The molecule has 0 amide bonds. The van der Waals surface area contributed by atoms with Gasteiger partial charge in [-0.25, -0.2) is 0 Å². The smallest absolute Gasteiger partial charge is 0.0545 e. The van der Waals surface area contributed by atoms with Crippen LogP contribution in [0.25, 0.3) is 0 Å². The summed E-state index contributed by atoms with van der Waals surface area (Å²) in [6, 6.07) is 7.56. The highest BCUT2D eigenvalue weighted by Crippen LogP contribution is 2.44. The highest BCUT2D eigenvalue weighted by atomic mass is 35.5. The standard InChI is InChI=1S/C13H16ClNS/c1-8-7-12(15-9-5-6-9)10-3-2-4-11(14)13(10)16-8/h2-4,8-9,12,15H,5-7H2,1H3. The second kappa shape index (κ2) is 4.25. The lowest BCUT2D eigenvalue weighted by Crippen LogP contribution is -2.28. The van der Waals surface area contributed by atoms with E-state index in [9.17, 15) is 0 Å². The van der Waals surface area contributed by atoms with Crippen LogP contribution in [0.3, 0.4) is 0 Å². The van der Waals surface area contributed by atoms with Gasteiger partial charge in [0.2, 0.25) is 0 Å². The minimum Gasteiger partial charge on any atom is -0.307 e. The first-order valence-electron chi connectivity index (χ1n) is 5.95. The van der Waals surface area contributed by atoms with Crippen molar-refractivity contribution in [1.29, 1.82) is 0 Å². The fourth-order valence-corrected chi connectivity index (χ4v) is 3.86. The lowest BCUT2D eigenvalue weighted by atomic mass is 10.0. The lowest BCUT2D eigenvalue weighted by Gasteiger charge is -2.30. The van der Waals surface area contributed by atoms with Crippen molar-refractivity contribution in [1.82, 2.24) is 5.32 Å². The predicted molar refractivity (Wildman–Crippen MR) is 70.3 cm³/mol. The Balaban J connectivity index is 1.93. The van der Waals surface area contributed by atoms with Crippen molar-refractivity contribution < 1.29 is 0 Å². The normalized spacial score (nSPS) is 28.9. The number of rotatable bonds is 2. The van der Waals surface area contributed by atoms with Gasteiger partial charge in [-0.3, -0.25) is 0 Å². The summed E-state index contributed by atoms with van der Waals surface area (Å²) < 4.78 is 0. The average molecular weight is 254 g/mol. The number of hydrogen-bond donors (Lipinski definition) is 1. The van der Waals surface area contributed by atoms with E-state index in [-0.39, 0.29) is 0 Å². The zero-order chi connectivity index (χ0) is 11.1. The number of hydrogen-bond acceptors (Lipinski definition) is 2. The molecule has 0 saturated heterocycles. The first kappa shape index (κ1) is 10.9. The summed E-state index contributed by atoms with van der Waals surface area (Å²) in [6.45, 7) is 2.29. The van der Waals surface area contributed by atoms with Crippen molar-refractivity contribution in [3.8, 4) is 0 Å². The maximum Gasteiger partial charge on any atom is 0.0545 e. The quantitative estimate of drug-likeness (QED) is 0.855. The van der Waals surface area contributed by atoms with Crippen LogP contribution in [0.1, 0.15) is 37.8 Å². The summed E-state index contributed by atoms with van der Waals surface area (Å²) in [6.07, 6.45) is 3.90. The third kappa shape index (κ3) is 2.11. The molecule has 1 fully saturated rings. The van der Waals surface area contributed by atoms with Gasteiger partial charge < -0.3 is 5.32 Å². The molecule has 16 heavy (non-hydrogen) atoms. The molecule has 86 valence electrons. The van der Waals surface area contributed by atoms with E-state index in [4.69, 9.17) is 11.6 Å². The van der Waals surface area contributed by atoms with Gasteiger partial charge in [0.1, 0.15) is 0 Å². The number of thioether (sulfide) groups is 1. The van der Waals surface area contributed by atoms with E-state index >= 15 is 0 Å². The number of nitrogens with one attached hydrogen (secondary N) is 1. The Labute approximate surface area is 106 Å². The van der Waals surface area contributed by atoms with Gasteiger partial charge in [0.15, 0.2) is 0 Å². The summed E-state index contributed by atoms with van der Waals surface area (Å²) in [7, 11) is 0. The van der Waals surface area contributed by atoms with Gasteiger partial charge in [0.25, 0.3) is 0 Å². The van der Waals surface area contributed by atoms with Crippen molar-refractivity contribution in [2.75, 3.05) is 0 Å². The van der Waals surface area contributed by atoms with Gasteiger partial charge in [-0.15, -0.1) is 11.8 Å². The third-order valence-corrected chi connectivity index (χ3v) is 4.99. The second-order valence-corrected chi connectivity index (χ2v) is 6.67. The molecular formula is C13H16ClNS. The van der Waals surface area contributed by atoms with Gasteiger partial charge >= 0.3 is 0 Å². The topological polar surface area (TPSA) is 12.0 Å². The van der Waals surface area contributed by atoms with Gasteiger partial charge in [-0.2, -0.15) is 0 Å². The van der Waals surface area contributed by atoms with Crippen LogP contribution in [0.4, 0.5) is 0 Å². The predicted octanol–water partition coefficient (Wildman–Crippen LogP) is 4.02. The Morgan fingerprint density at radius 2 is 2.19 bits per heavy atom. The molecule has 3 rings (SSSR count). The Kier molecular flexibility index (Phi) is 2.90. The van der Waals surface area contributed by atoms with Crippen molar-refractivity contribution >= 4 is 23.4 Å². The van der Waals surface area contributed by atoms with Gasteiger partial charge in [-0.1, -0.05) is 30.7 Å². The van der Waals surface area contributed by atoms with Crippen LogP contribution in [0.5, 0.6) is 0 Å². The van der Waals surface area contributed by atoms with Crippen molar-refractivity contribution in [2.24, 2.45) is 0 Å². The van der Waals surface area contributed by atoms with E-state index < -0.39 is 0 Å². The first-order chi connectivity index (χ1) is 7.74. The molecule has 1 aliphatic carbocycles. The molecule has 1 nitrogen and oxygen atoms in total. The highest BCUT2D eigenvalue weighted by molar-refractivity contribution is 8.00. The molecular weight excluding hydrogens is 238 g/mol. The zero-order valence-corrected chi connectivity index (χ0v) is 10.9. The molecule has 1 saturated carbocycles. The molecule has 0 aromatic heterocycles. The highest BCUT2D eigenvalue weighted by Gasteiger charge is 2.31. The molecule has 1 aromatic carbocycles. The number of halogens is 1. The molecule has 1 aromatic rings. The van der Waals surface area contributed by atoms with E-state index in [1.807, 2.05) is 17.8 Å². The molecule has 1 aliphatic heterocycles. The molecule has 0 bridgehead atoms. The van der Waals surface area contributed by atoms with E-state index in [1.165, 1.54) is 29.7 Å². The first-order valence-corrected chi connectivity index (χ1v) is 7.21. The molecule has 2 unspecified atom stereocenters. The Morgan fingerprint density at radius 3 is 2.94 bits per heavy atom. The molecule has 0 radical (unpaired) electrons. The molecule has 3 heteroatoms. The Bertz CT molecular complexity index is 403. The molecule has 1 heterocycles.